The molecule has 0 aliphatic heterocycles. The molecule has 0 radical (unpaired) electrons. The maximum absolute atomic E-state index is 3.89. The fourth-order valence-corrected chi connectivity index (χ4v) is 2.24. The summed E-state index contributed by atoms with van der Waals surface area (Å²) in [4.78, 5) is 0. The second kappa shape index (κ2) is 8.06. The van der Waals surface area contributed by atoms with Gasteiger partial charge in [0.2, 0.25) is 0 Å². The highest BCUT2D eigenvalue weighted by Crippen LogP contribution is 2.10. The summed E-state index contributed by atoms with van der Waals surface area (Å²) >= 11 is 0. The molecule has 0 rings (SSSR count). The molecule has 0 amide bonds. The second-order valence-electron chi connectivity index (χ2n) is 5.61. The van der Waals surface area contributed by atoms with Crippen LogP contribution in [0.4, 0.5) is 0 Å². The van der Waals surface area contributed by atoms with Crippen LogP contribution in [-0.4, -0.2) is 62.3 Å². The smallest absolute Gasteiger partial charge is 0.129 e. The van der Waals surface area contributed by atoms with E-state index < -0.39 is 0 Å². The molecule has 0 unspecified atom stereocenters. The van der Waals surface area contributed by atoms with Crippen molar-refractivity contribution < 1.29 is 8.97 Å². The van der Waals surface area contributed by atoms with Crippen molar-refractivity contribution in [1.82, 2.24) is 0 Å². The van der Waals surface area contributed by atoms with Gasteiger partial charge in [-0.3, -0.25) is 0 Å². The number of likely N-dealkylation sites (N-methyl/N-ethyl adjacent to an activating group) is 1. The van der Waals surface area contributed by atoms with Crippen molar-refractivity contribution >= 4 is 0 Å². The van der Waals surface area contributed by atoms with Crippen molar-refractivity contribution in [3.63, 3.8) is 0 Å². The highest BCUT2D eigenvalue weighted by atomic mass is 15.4. The topological polar surface area (TPSA) is 0 Å². The van der Waals surface area contributed by atoms with Crippen LogP contribution in [0.2, 0.25) is 0 Å². The van der Waals surface area contributed by atoms with Gasteiger partial charge in [0.25, 0.3) is 0 Å². The zero-order chi connectivity index (χ0) is 14.1. The maximum atomic E-state index is 3.89. The van der Waals surface area contributed by atoms with E-state index in [0.29, 0.717) is 0 Å². The lowest BCUT2D eigenvalue weighted by Crippen LogP contribution is -2.55. The lowest BCUT2D eigenvalue weighted by atomic mass is 10.2. The Morgan fingerprint density at radius 2 is 1.06 bits per heavy atom. The Morgan fingerprint density at radius 1 is 0.667 bits per heavy atom. The Balaban J connectivity index is 4.74. The van der Waals surface area contributed by atoms with Crippen molar-refractivity contribution in [3.8, 4) is 0 Å². The fourth-order valence-electron chi connectivity index (χ4n) is 2.24. The molecule has 0 aliphatic rings. The molecule has 0 atom stereocenters. The zero-order valence-electron chi connectivity index (χ0n) is 12.3. The molecule has 102 valence electrons. The standard InChI is InChI=1S/C16H30N2/c1-7-11-17(5,6)15-16-18(12-8-2,13-9-3)14-10-4/h7-10H,1-4,11-16H2,5-6H3/q+2. The number of quaternary nitrogens is 2. The third kappa shape index (κ3) is 5.99. The summed E-state index contributed by atoms with van der Waals surface area (Å²) < 4.78 is 1.93. The molecule has 2 nitrogen and oxygen atoms in total. The largest absolute Gasteiger partial charge is 0.321 e. The Morgan fingerprint density at radius 3 is 1.39 bits per heavy atom. The van der Waals surface area contributed by atoms with E-state index in [-0.39, 0.29) is 0 Å². The van der Waals surface area contributed by atoms with E-state index in [0.717, 1.165) is 48.2 Å². The summed E-state index contributed by atoms with van der Waals surface area (Å²) in [6.45, 7) is 21.6. The van der Waals surface area contributed by atoms with Crippen LogP contribution in [0, 0.1) is 0 Å². The molecule has 0 spiro atoms. The molecule has 0 aromatic heterocycles. The average molecular weight is 250 g/mol. The minimum Gasteiger partial charge on any atom is -0.321 e. The highest BCUT2D eigenvalue weighted by molar-refractivity contribution is 4.76. The van der Waals surface area contributed by atoms with Crippen molar-refractivity contribution in [2.24, 2.45) is 0 Å². The molecule has 0 heterocycles. The van der Waals surface area contributed by atoms with Gasteiger partial charge in [-0.15, -0.1) is 0 Å². The van der Waals surface area contributed by atoms with Gasteiger partial charge in [-0.2, -0.15) is 0 Å². The summed E-state index contributed by atoms with van der Waals surface area (Å²) in [5.74, 6) is 0. The molecule has 18 heavy (non-hydrogen) atoms. The Kier molecular flexibility index (Phi) is 7.56. The van der Waals surface area contributed by atoms with E-state index in [4.69, 9.17) is 0 Å². The molecular weight excluding hydrogens is 220 g/mol. The second-order valence-corrected chi connectivity index (χ2v) is 5.61. The molecule has 0 aliphatic carbocycles. The van der Waals surface area contributed by atoms with Crippen LogP contribution in [0.25, 0.3) is 0 Å². The van der Waals surface area contributed by atoms with Gasteiger partial charge in [-0.05, 0) is 24.3 Å². The minimum atomic E-state index is 0.964. The zero-order valence-corrected chi connectivity index (χ0v) is 12.3. The van der Waals surface area contributed by atoms with Gasteiger partial charge in [0.05, 0.1) is 40.3 Å². The van der Waals surface area contributed by atoms with Crippen LogP contribution in [0.5, 0.6) is 0 Å². The number of hydrogen-bond acceptors (Lipinski definition) is 0. The fraction of sp³-hybridized carbons (Fsp3) is 0.500. The summed E-state index contributed by atoms with van der Waals surface area (Å²) in [5.41, 5.74) is 0. The van der Waals surface area contributed by atoms with Crippen molar-refractivity contribution in [1.29, 1.82) is 0 Å². The Hall–Kier alpha value is -1.12. The van der Waals surface area contributed by atoms with E-state index in [1.165, 1.54) is 0 Å². The highest BCUT2D eigenvalue weighted by Gasteiger charge is 2.27. The van der Waals surface area contributed by atoms with Gasteiger partial charge in [-0.25, -0.2) is 0 Å². The number of nitrogens with zero attached hydrogens (tertiary/aromatic N) is 2. The van der Waals surface area contributed by atoms with Gasteiger partial charge >= 0.3 is 0 Å². The van der Waals surface area contributed by atoms with E-state index in [9.17, 15) is 0 Å². The lowest BCUT2D eigenvalue weighted by molar-refractivity contribution is -0.954. The van der Waals surface area contributed by atoms with Crippen LogP contribution in [0.1, 0.15) is 0 Å². The third-order valence-corrected chi connectivity index (χ3v) is 3.35. The van der Waals surface area contributed by atoms with Crippen LogP contribution >= 0.6 is 0 Å². The van der Waals surface area contributed by atoms with Crippen LogP contribution in [-0.2, 0) is 0 Å². The predicted molar refractivity (Wildman–Crippen MR) is 82.4 cm³/mol. The molecule has 0 bridgehead atoms. The van der Waals surface area contributed by atoms with E-state index in [2.05, 4.69) is 40.4 Å². The predicted octanol–water partition coefficient (Wildman–Crippen LogP) is 2.62. The summed E-state index contributed by atoms with van der Waals surface area (Å²) in [6, 6.07) is 0. The molecule has 0 fully saturated rings. The van der Waals surface area contributed by atoms with E-state index in [1.54, 1.807) is 0 Å². The molecular formula is C16H30N2+2. The van der Waals surface area contributed by atoms with Gasteiger partial charge in [0.15, 0.2) is 0 Å². The van der Waals surface area contributed by atoms with Crippen molar-refractivity contribution in [2.75, 3.05) is 53.4 Å². The molecule has 2 heteroatoms. The first-order chi connectivity index (χ1) is 8.45. The molecule has 0 aromatic carbocycles. The molecule has 0 saturated carbocycles. The first-order valence-corrected chi connectivity index (χ1v) is 6.56. The number of hydrogen-bond donors (Lipinski definition) is 0. The lowest BCUT2D eigenvalue weighted by Gasteiger charge is -2.39. The first kappa shape index (κ1) is 16.9. The van der Waals surface area contributed by atoms with Crippen LogP contribution < -0.4 is 0 Å². The normalized spacial score (nSPS) is 11.9. The Bertz CT molecular complexity index is 263. The minimum absolute atomic E-state index is 0.964. The van der Waals surface area contributed by atoms with Gasteiger partial charge in [0.1, 0.15) is 13.1 Å². The third-order valence-electron chi connectivity index (χ3n) is 3.35. The van der Waals surface area contributed by atoms with Gasteiger partial charge < -0.3 is 8.97 Å². The first-order valence-electron chi connectivity index (χ1n) is 6.56. The molecule has 0 N–H and O–H groups in total. The van der Waals surface area contributed by atoms with Crippen LogP contribution in [0.15, 0.2) is 50.6 Å². The van der Waals surface area contributed by atoms with Crippen molar-refractivity contribution in [3.05, 3.63) is 50.6 Å². The van der Waals surface area contributed by atoms with Crippen molar-refractivity contribution in [2.45, 2.75) is 0 Å². The van der Waals surface area contributed by atoms with Gasteiger partial charge in [-0.1, -0.05) is 26.3 Å². The summed E-state index contributed by atoms with van der Waals surface area (Å²) in [7, 11) is 4.48. The van der Waals surface area contributed by atoms with Crippen LogP contribution in [0.3, 0.4) is 0 Å². The quantitative estimate of drug-likeness (QED) is 0.391. The number of rotatable bonds is 11. The average Bonchev–Trinajstić information content (AvgIpc) is 2.28. The van der Waals surface area contributed by atoms with Gasteiger partial charge in [0, 0.05) is 0 Å². The molecule has 0 saturated heterocycles. The maximum Gasteiger partial charge on any atom is 0.129 e. The van der Waals surface area contributed by atoms with E-state index in [1.807, 2.05) is 24.3 Å². The Labute approximate surface area is 113 Å². The monoisotopic (exact) mass is 250 g/mol. The summed E-state index contributed by atoms with van der Waals surface area (Å²) in [5, 5.41) is 0. The summed E-state index contributed by atoms with van der Waals surface area (Å²) in [6.07, 6.45) is 7.99. The SMILES string of the molecule is C=CC[N+](C)(C)CC[N+](CC=C)(CC=C)CC=C. The molecule has 0 aromatic rings. The van der Waals surface area contributed by atoms with E-state index >= 15 is 0 Å².